The van der Waals surface area contributed by atoms with Crippen molar-refractivity contribution in [3.8, 4) is 17.6 Å². The molecule has 0 fully saturated rings. The predicted molar refractivity (Wildman–Crippen MR) is 146 cm³/mol. The number of hydrogen-bond acceptors (Lipinski definition) is 7. The van der Waals surface area contributed by atoms with Crippen molar-refractivity contribution in [3.63, 3.8) is 0 Å². The van der Waals surface area contributed by atoms with Gasteiger partial charge in [-0.3, -0.25) is 0 Å². The molecule has 9 heteroatoms. The molecular formula is C30H31F2N3O4. The first-order chi connectivity index (χ1) is 18.7. The van der Waals surface area contributed by atoms with Gasteiger partial charge in [0.05, 0.1) is 18.2 Å². The van der Waals surface area contributed by atoms with Gasteiger partial charge < -0.3 is 25.7 Å². The molecule has 0 aromatic heterocycles. The van der Waals surface area contributed by atoms with Crippen LogP contribution in [0.5, 0.6) is 11.5 Å². The quantitative estimate of drug-likeness (QED) is 0.103. The standard InChI is InChI=1S/C30H31F2N3O4/c31-30(32,24-9-13-27(14-10-24)37-17-5-3-1-2-4-16-33)39-28-11-6-22(7-12-28)8-15-29(36)38-21-23-18-25(34)20-26(35)19-23/h6-15,18-20H,1-5,17,21,34-35H2/b15-8+. The Morgan fingerprint density at radius 3 is 2.21 bits per heavy atom. The molecule has 3 rings (SSSR count). The zero-order chi connectivity index (χ0) is 28.1. The Labute approximate surface area is 226 Å². The van der Waals surface area contributed by atoms with E-state index in [1.165, 1.54) is 48.6 Å². The van der Waals surface area contributed by atoms with Gasteiger partial charge in [0.15, 0.2) is 0 Å². The van der Waals surface area contributed by atoms with Crippen molar-refractivity contribution in [2.45, 2.75) is 44.8 Å². The number of carbonyl (C=O) groups is 1. The van der Waals surface area contributed by atoms with Crippen LogP contribution in [0.4, 0.5) is 20.2 Å². The number of benzene rings is 3. The van der Waals surface area contributed by atoms with Gasteiger partial charge in [0.25, 0.3) is 0 Å². The first-order valence-electron chi connectivity index (χ1n) is 12.5. The van der Waals surface area contributed by atoms with Gasteiger partial charge in [-0.25, -0.2) is 4.79 Å². The Bertz CT molecular complexity index is 1270. The van der Waals surface area contributed by atoms with Crippen molar-refractivity contribution in [1.82, 2.24) is 0 Å². The van der Waals surface area contributed by atoms with Crippen LogP contribution in [0.1, 0.15) is 48.8 Å². The second kappa shape index (κ2) is 14.4. The van der Waals surface area contributed by atoms with Crippen molar-refractivity contribution < 1.29 is 27.8 Å². The first-order valence-corrected chi connectivity index (χ1v) is 12.5. The number of anilines is 2. The average molecular weight is 536 g/mol. The number of rotatable bonds is 14. The number of nitrogens with zero attached hydrogens (tertiary/aromatic N) is 1. The molecule has 0 saturated heterocycles. The highest BCUT2D eigenvalue weighted by Gasteiger charge is 2.34. The summed E-state index contributed by atoms with van der Waals surface area (Å²) < 4.78 is 45.1. The Kier molecular flexibility index (Phi) is 10.7. The lowest BCUT2D eigenvalue weighted by atomic mass is 10.1. The van der Waals surface area contributed by atoms with Gasteiger partial charge in [0, 0.05) is 23.9 Å². The molecular weight excluding hydrogens is 504 g/mol. The van der Waals surface area contributed by atoms with E-state index in [0.717, 1.165) is 25.7 Å². The third-order valence-electron chi connectivity index (χ3n) is 5.60. The Morgan fingerprint density at radius 2 is 1.54 bits per heavy atom. The summed E-state index contributed by atoms with van der Waals surface area (Å²) in [5.74, 6) is -0.111. The lowest BCUT2D eigenvalue weighted by Gasteiger charge is -2.18. The highest BCUT2D eigenvalue weighted by atomic mass is 19.3. The van der Waals surface area contributed by atoms with Crippen LogP contribution in [0.3, 0.4) is 0 Å². The Hall–Kier alpha value is -4.58. The molecule has 0 atom stereocenters. The fourth-order valence-corrected chi connectivity index (χ4v) is 3.64. The maximum atomic E-state index is 14.7. The molecule has 0 radical (unpaired) electrons. The monoisotopic (exact) mass is 535 g/mol. The number of unbranched alkanes of at least 4 members (excludes halogenated alkanes) is 4. The van der Waals surface area contributed by atoms with Crippen molar-refractivity contribution >= 4 is 23.4 Å². The second-order valence-electron chi connectivity index (χ2n) is 8.83. The topological polar surface area (TPSA) is 121 Å². The number of hydrogen-bond donors (Lipinski definition) is 2. The number of nitrogen functional groups attached to an aromatic ring is 2. The summed E-state index contributed by atoms with van der Waals surface area (Å²) in [6, 6.07) is 18.4. The lowest BCUT2D eigenvalue weighted by molar-refractivity contribution is -0.185. The number of halogens is 2. The van der Waals surface area contributed by atoms with E-state index in [1.54, 1.807) is 30.3 Å². The molecule has 0 amide bonds. The van der Waals surface area contributed by atoms with Crippen LogP contribution in [0.15, 0.2) is 72.8 Å². The zero-order valence-corrected chi connectivity index (χ0v) is 21.4. The van der Waals surface area contributed by atoms with E-state index in [1.807, 2.05) is 0 Å². The SMILES string of the molecule is N#CCCCCCCOc1ccc(C(F)(F)Oc2ccc(/C=C/C(=O)OCc3cc(N)cc(N)c3)cc2)cc1. The molecule has 204 valence electrons. The van der Waals surface area contributed by atoms with Crippen LogP contribution in [0.25, 0.3) is 6.08 Å². The van der Waals surface area contributed by atoms with Crippen LogP contribution in [0, 0.1) is 11.3 Å². The fourth-order valence-electron chi connectivity index (χ4n) is 3.64. The van der Waals surface area contributed by atoms with E-state index in [0.29, 0.717) is 41.3 Å². The van der Waals surface area contributed by atoms with E-state index in [9.17, 15) is 13.6 Å². The molecule has 0 aliphatic carbocycles. The van der Waals surface area contributed by atoms with Crippen LogP contribution >= 0.6 is 0 Å². The van der Waals surface area contributed by atoms with Crippen molar-refractivity contribution in [2.24, 2.45) is 0 Å². The van der Waals surface area contributed by atoms with E-state index in [-0.39, 0.29) is 17.9 Å². The van der Waals surface area contributed by atoms with Gasteiger partial charge >= 0.3 is 12.1 Å². The minimum Gasteiger partial charge on any atom is -0.494 e. The van der Waals surface area contributed by atoms with Gasteiger partial charge in [-0.2, -0.15) is 14.0 Å². The molecule has 3 aromatic carbocycles. The lowest BCUT2D eigenvalue weighted by Crippen LogP contribution is -2.21. The highest BCUT2D eigenvalue weighted by Crippen LogP contribution is 2.32. The second-order valence-corrected chi connectivity index (χ2v) is 8.83. The summed E-state index contributed by atoms with van der Waals surface area (Å²) in [5, 5.41) is 8.52. The van der Waals surface area contributed by atoms with E-state index in [4.69, 9.17) is 30.9 Å². The number of nitriles is 1. The molecule has 0 saturated carbocycles. The number of ether oxygens (including phenoxy) is 3. The largest absolute Gasteiger partial charge is 0.494 e. The molecule has 3 aromatic rings. The molecule has 0 aliphatic heterocycles. The fraction of sp³-hybridized carbons (Fsp3) is 0.267. The van der Waals surface area contributed by atoms with Crippen molar-refractivity contribution in [3.05, 3.63) is 89.5 Å². The third-order valence-corrected chi connectivity index (χ3v) is 5.60. The van der Waals surface area contributed by atoms with E-state index >= 15 is 0 Å². The summed E-state index contributed by atoms with van der Waals surface area (Å²) in [6.45, 7) is 0.492. The molecule has 0 unspecified atom stereocenters. The molecule has 0 spiro atoms. The number of alkyl halides is 2. The summed E-state index contributed by atoms with van der Waals surface area (Å²) >= 11 is 0. The highest BCUT2D eigenvalue weighted by molar-refractivity contribution is 5.87. The molecule has 0 heterocycles. The average Bonchev–Trinajstić information content (AvgIpc) is 2.90. The van der Waals surface area contributed by atoms with E-state index in [2.05, 4.69) is 6.07 Å². The molecule has 39 heavy (non-hydrogen) atoms. The summed E-state index contributed by atoms with van der Waals surface area (Å²) in [6.07, 6.45) is 3.36. The van der Waals surface area contributed by atoms with Crippen LogP contribution in [-0.2, 0) is 22.2 Å². The van der Waals surface area contributed by atoms with Crippen molar-refractivity contribution in [1.29, 1.82) is 5.26 Å². The van der Waals surface area contributed by atoms with Gasteiger partial charge in [-0.05, 0) is 84.6 Å². The van der Waals surface area contributed by atoms with Gasteiger partial charge in [-0.1, -0.05) is 25.0 Å². The minimum atomic E-state index is -3.55. The van der Waals surface area contributed by atoms with Crippen LogP contribution in [0.2, 0.25) is 0 Å². The first kappa shape index (κ1) is 29.0. The van der Waals surface area contributed by atoms with Crippen LogP contribution < -0.4 is 20.9 Å². The Balaban J connectivity index is 1.45. The maximum absolute atomic E-state index is 14.7. The molecule has 4 N–H and O–H groups in total. The predicted octanol–water partition coefficient (Wildman–Crippen LogP) is 6.59. The van der Waals surface area contributed by atoms with Crippen molar-refractivity contribution in [2.75, 3.05) is 18.1 Å². The maximum Gasteiger partial charge on any atom is 0.426 e. The summed E-state index contributed by atoms with van der Waals surface area (Å²) in [4.78, 5) is 12.0. The summed E-state index contributed by atoms with van der Waals surface area (Å²) in [5.41, 5.74) is 13.3. The molecule has 0 aliphatic rings. The number of carbonyl (C=O) groups excluding carboxylic acids is 1. The summed E-state index contributed by atoms with van der Waals surface area (Å²) in [7, 11) is 0. The van der Waals surface area contributed by atoms with Gasteiger partial charge in [0.1, 0.15) is 18.1 Å². The van der Waals surface area contributed by atoms with Gasteiger partial charge in [0.2, 0.25) is 0 Å². The van der Waals surface area contributed by atoms with Crippen LogP contribution in [-0.4, -0.2) is 12.6 Å². The normalized spacial score (nSPS) is 11.2. The number of nitrogens with two attached hydrogens (primary N) is 2. The van der Waals surface area contributed by atoms with Gasteiger partial charge in [-0.15, -0.1) is 0 Å². The minimum absolute atomic E-state index is 0.0115. The molecule has 0 bridgehead atoms. The smallest absolute Gasteiger partial charge is 0.426 e. The Morgan fingerprint density at radius 1 is 0.897 bits per heavy atom. The molecule has 7 nitrogen and oxygen atoms in total. The third kappa shape index (κ3) is 10.0. The number of esters is 1. The zero-order valence-electron chi connectivity index (χ0n) is 21.4. The van der Waals surface area contributed by atoms with E-state index < -0.39 is 12.1 Å².